The molecule has 1 unspecified atom stereocenters. The SMILES string of the molecule is O=C(CC1CCOCC1)NCCCOC1CCCc2ccccc21. The highest BCUT2D eigenvalue weighted by molar-refractivity contribution is 5.76. The average Bonchev–Trinajstić information content (AvgIpc) is 2.62. The van der Waals surface area contributed by atoms with Gasteiger partial charge < -0.3 is 14.8 Å². The van der Waals surface area contributed by atoms with E-state index in [9.17, 15) is 4.79 Å². The Kier molecular flexibility index (Phi) is 6.67. The Bertz CT molecular complexity index is 525. The van der Waals surface area contributed by atoms with Crippen molar-refractivity contribution >= 4 is 5.91 Å². The summed E-state index contributed by atoms with van der Waals surface area (Å²) in [6.07, 6.45) is 7.23. The summed E-state index contributed by atoms with van der Waals surface area (Å²) in [4.78, 5) is 11.9. The molecule has 132 valence electrons. The molecule has 0 bridgehead atoms. The van der Waals surface area contributed by atoms with Crippen molar-refractivity contribution in [3.05, 3.63) is 35.4 Å². The number of ether oxygens (including phenoxy) is 2. The first-order chi connectivity index (χ1) is 11.8. The fourth-order valence-corrected chi connectivity index (χ4v) is 3.69. The number of rotatable bonds is 7. The van der Waals surface area contributed by atoms with Gasteiger partial charge in [-0.1, -0.05) is 24.3 Å². The van der Waals surface area contributed by atoms with Crippen molar-refractivity contribution in [2.75, 3.05) is 26.4 Å². The number of nitrogens with one attached hydrogen (secondary N) is 1. The summed E-state index contributed by atoms with van der Waals surface area (Å²) in [6.45, 7) is 3.01. The summed E-state index contributed by atoms with van der Waals surface area (Å²) in [5.74, 6) is 0.665. The zero-order chi connectivity index (χ0) is 16.6. The van der Waals surface area contributed by atoms with E-state index in [2.05, 4.69) is 29.6 Å². The van der Waals surface area contributed by atoms with E-state index in [1.54, 1.807) is 0 Å². The van der Waals surface area contributed by atoms with Crippen molar-refractivity contribution in [1.82, 2.24) is 5.32 Å². The summed E-state index contributed by atoms with van der Waals surface area (Å²) in [6, 6.07) is 8.60. The Hall–Kier alpha value is -1.39. The topological polar surface area (TPSA) is 47.6 Å². The summed E-state index contributed by atoms with van der Waals surface area (Å²) in [5, 5.41) is 3.03. The van der Waals surface area contributed by atoms with Crippen molar-refractivity contribution < 1.29 is 14.3 Å². The average molecular weight is 331 g/mol. The van der Waals surface area contributed by atoms with Gasteiger partial charge in [-0.05, 0) is 55.6 Å². The van der Waals surface area contributed by atoms with E-state index in [0.717, 1.165) is 45.3 Å². The fraction of sp³-hybridized carbons (Fsp3) is 0.650. The van der Waals surface area contributed by atoms with Gasteiger partial charge in [-0.15, -0.1) is 0 Å². The summed E-state index contributed by atoms with van der Waals surface area (Å²) < 4.78 is 11.4. The lowest BCUT2D eigenvalue weighted by Crippen LogP contribution is -2.29. The van der Waals surface area contributed by atoms with Crippen molar-refractivity contribution in [3.8, 4) is 0 Å². The predicted molar refractivity (Wildman–Crippen MR) is 93.9 cm³/mol. The molecule has 1 aliphatic carbocycles. The lowest BCUT2D eigenvalue weighted by Gasteiger charge is -2.25. The molecule has 0 aromatic heterocycles. The van der Waals surface area contributed by atoms with Crippen molar-refractivity contribution in [3.63, 3.8) is 0 Å². The van der Waals surface area contributed by atoms with Gasteiger partial charge in [-0.25, -0.2) is 0 Å². The molecule has 1 fully saturated rings. The zero-order valence-electron chi connectivity index (χ0n) is 14.5. The van der Waals surface area contributed by atoms with Crippen molar-refractivity contribution in [1.29, 1.82) is 0 Å². The second-order valence-electron chi connectivity index (χ2n) is 6.91. The number of benzene rings is 1. The van der Waals surface area contributed by atoms with E-state index in [1.165, 1.54) is 17.5 Å². The van der Waals surface area contributed by atoms with E-state index in [1.807, 2.05) is 0 Å². The lowest BCUT2D eigenvalue weighted by molar-refractivity contribution is -0.122. The minimum Gasteiger partial charge on any atom is -0.381 e. The summed E-state index contributed by atoms with van der Waals surface area (Å²) >= 11 is 0. The van der Waals surface area contributed by atoms with Crippen LogP contribution in [-0.4, -0.2) is 32.3 Å². The molecule has 1 atom stereocenters. The van der Waals surface area contributed by atoms with Gasteiger partial charge in [-0.3, -0.25) is 4.79 Å². The highest BCUT2D eigenvalue weighted by Gasteiger charge is 2.20. The molecule has 4 heteroatoms. The minimum absolute atomic E-state index is 0.171. The Morgan fingerprint density at radius 2 is 2.04 bits per heavy atom. The van der Waals surface area contributed by atoms with Crippen LogP contribution in [0.5, 0.6) is 0 Å². The van der Waals surface area contributed by atoms with Gasteiger partial charge in [-0.2, -0.15) is 0 Å². The maximum Gasteiger partial charge on any atom is 0.220 e. The van der Waals surface area contributed by atoms with Crippen LogP contribution in [0.25, 0.3) is 0 Å². The molecule has 24 heavy (non-hydrogen) atoms. The molecule has 0 radical (unpaired) electrons. The number of fused-ring (bicyclic) bond motifs is 1. The number of hydrogen-bond acceptors (Lipinski definition) is 3. The summed E-state index contributed by atoms with van der Waals surface area (Å²) in [5.41, 5.74) is 2.78. The first kappa shape index (κ1) is 17.4. The van der Waals surface area contributed by atoms with Crippen LogP contribution < -0.4 is 5.32 Å². The number of aryl methyl sites for hydroxylation is 1. The molecule has 1 aromatic carbocycles. The largest absolute Gasteiger partial charge is 0.381 e. The molecule has 1 N–H and O–H groups in total. The van der Waals surface area contributed by atoms with E-state index in [0.29, 0.717) is 25.5 Å². The zero-order valence-corrected chi connectivity index (χ0v) is 14.5. The first-order valence-electron chi connectivity index (χ1n) is 9.37. The second-order valence-corrected chi connectivity index (χ2v) is 6.91. The molecular formula is C20H29NO3. The minimum atomic E-state index is 0.171. The van der Waals surface area contributed by atoms with Gasteiger partial charge in [0.2, 0.25) is 5.91 Å². The third-order valence-corrected chi connectivity index (χ3v) is 5.09. The van der Waals surface area contributed by atoms with Gasteiger partial charge in [0, 0.05) is 32.8 Å². The van der Waals surface area contributed by atoms with Crippen LogP contribution in [0.2, 0.25) is 0 Å². The van der Waals surface area contributed by atoms with Crippen LogP contribution in [0.4, 0.5) is 0 Å². The third kappa shape index (κ3) is 5.05. The smallest absolute Gasteiger partial charge is 0.220 e. The number of hydrogen-bond donors (Lipinski definition) is 1. The Labute approximate surface area is 144 Å². The molecule has 4 nitrogen and oxygen atoms in total. The molecule has 2 aliphatic rings. The number of carbonyl (C=O) groups excluding carboxylic acids is 1. The Morgan fingerprint density at radius 1 is 1.21 bits per heavy atom. The van der Waals surface area contributed by atoms with Crippen LogP contribution in [-0.2, 0) is 20.7 Å². The molecule has 0 spiro atoms. The fourth-order valence-electron chi connectivity index (χ4n) is 3.69. The van der Waals surface area contributed by atoms with Crippen LogP contribution in [0.3, 0.4) is 0 Å². The second kappa shape index (κ2) is 9.19. The van der Waals surface area contributed by atoms with Gasteiger partial charge in [0.1, 0.15) is 0 Å². The molecule has 1 heterocycles. The third-order valence-electron chi connectivity index (χ3n) is 5.09. The molecule has 1 aromatic rings. The number of carbonyl (C=O) groups is 1. The van der Waals surface area contributed by atoms with Crippen LogP contribution >= 0.6 is 0 Å². The maximum absolute atomic E-state index is 11.9. The number of amides is 1. The molecule has 1 saturated heterocycles. The predicted octanol–water partition coefficient (Wildman–Crippen LogP) is 3.40. The Morgan fingerprint density at radius 3 is 2.92 bits per heavy atom. The van der Waals surface area contributed by atoms with Gasteiger partial charge >= 0.3 is 0 Å². The highest BCUT2D eigenvalue weighted by atomic mass is 16.5. The standard InChI is InChI=1S/C20H29NO3/c22-20(15-16-9-13-23-14-10-16)21-11-4-12-24-19-8-3-6-17-5-1-2-7-18(17)19/h1-2,5,7,16,19H,3-4,6,8-15H2,(H,21,22). The quantitative estimate of drug-likeness (QED) is 0.779. The van der Waals surface area contributed by atoms with Crippen LogP contribution in [0.1, 0.15) is 55.8 Å². The van der Waals surface area contributed by atoms with Gasteiger partial charge in [0.05, 0.1) is 6.10 Å². The van der Waals surface area contributed by atoms with Crippen LogP contribution in [0.15, 0.2) is 24.3 Å². The molecular weight excluding hydrogens is 302 g/mol. The highest BCUT2D eigenvalue weighted by Crippen LogP contribution is 2.32. The molecule has 1 aliphatic heterocycles. The first-order valence-corrected chi connectivity index (χ1v) is 9.37. The molecule has 1 amide bonds. The van der Waals surface area contributed by atoms with E-state index >= 15 is 0 Å². The maximum atomic E-state index is 11.9. The lowest BCUT2D eigenvalue weighted by atomic mass is 9.89. The van der Waals surface area contributed by atoms with E-state index in [4.69, 9.17) is 9.47 Å². The van der Waals surface area contributed by atoms with Gasteiger partial charge in [0.25, 0.3) is 0 Å². The Balaban J connectivity index is 1.31. The monoisotopic (exact) mass is 331 g/mol. The molecule has 0 saturated carbocycles. The molecule has 3 rings (SSSR count). The summed E-state index contributed by atoms with van der Waals surface area (Å²) in [7, 11) is 0. The van der Waals surface area contributed by atoms with E-state index in [-0.39, 0.29) is 12.0 Å². The van der Waals surface area contributed by atoms with Crippen LogP contribution in [0, 0.1) is 5.92 Å². The van der Waals surface area contributed by atoms with Crippen molar-refractivity contribution in [2.45, 2.75) is 51.0 Å². The van der Waals surface area contributed by atoms with Crippen molar-refractivity contribution in [2.24, 2.45) is 5.92 Å². The van der Waals surface area contributed by atoms with Gasteiger partial charge in [0.15, 0.2) is 0 Å². The van der Waals surface area contributed by atoms with E-state index < -0.39 is 0 Å². The normalized spacial score (nSPS) is 21.2.